The van der Waals surface area contributed by atoms with Crippen molar-refractivity contribution in [1.82, 2.24) is 5.32 Å². The fourth-order valence-electron chi connectivity index (χ4n) is 2.23. The average molecular weight is 394 g/mol. The lowest BCUT2D eigenvalue weighted by molar-refractivity contribution is -0.692. The summed E-state index contributed by atoms with van der Waals surface area (Å²) in [5.41, 5.74) is 1.31. The van der Waals surface area contributed by atoms with Crippen LogP contribution in [-0.2, 0) is 6.61 Å². The Labute approximate surface area is 149 Å². The summed E-state index contributed by atoms with van der Waals surface area (Å²) in [6.07, 6.45) is 3.52. The van der Waals surface area contributed by atoms with Crippen molar-refractivity contribution < 1.29 is 14.5 Å². The number of benzene rings is 1. The van der Waals surface area contributed by atoms with Crippen molar-refractivity contribution in [2.45, 2.75) is 19.6 Å². The summed E-state index contributed by atoms with van der Waals surface area (Å²) in [6, 6.07) is 10.1. The van der Waals surface area contributed by atoms with E-state index >= 15 is 0 Å². The van der Waals surface area contributed by atoms with Crippen LogP contribution >= 0.6 is 28.1 Å². The second-order valence-electron chi connectivity index (χ2n) is 4.99. The zero-order valence-electron chi connectivity index (χ0n) is 12.7. The molecule has 120 valence electrons. The molecule has 0 aliphatic heterocycles. The number of carbonyl (C=O) groups excluding carboxylic acids is 1. The van der Waals surface area contributed by atoms with Crippen LogP contribution in [0.5, 0.6) is 0 Å². The number of pyridine rings is 1. The molecule has 2 N–H and O–H groups in total. The van der Waals surface area contributed by atoms with Crippen LogP contribution in [0.3, 0.4) is 0 Å². The maximum atomic E-state index is 12.9. The predicted molar refractivity (Wildman–Crippen MR) is 96.3 cm³/mol. The number of aliphatic hydroxyl groups excluding tert-OH is 1. The molecule has 0 bridgehead atoms. The molecule has 1 atom stereocenters. The summed E-state index contributed by atoms with van der Waals surface area (Å²) < 4.78 is 2.65. The number of nitrogens with one attached hydrogen (secondary N) is 1. The first kappa shape index (κ1) is 17.7. The number of carbonyl (C=O) groups is 1. The number of halogens is 1. The number of rotatable bonds is 6. The van der Waals surface area contributed by atoms with Gasteiger partial charge in [0, 0.05) is 28.2 Å². The van der Waals surface area contributed by atoms with E-state index in [4.69, 9.17) is 12.2 Å². The number of nitrogens with zero attached hydrogens (tertiary/aromatic N) is 1. The fraction of sp³-hybridized carbons (Fsp3) is 0.235. The summed E-state index contributed by atoms with van der Waals surface area (Å²) in [5.74, 6) is -0.0939. The molecular weight excluding hydrogens is 376 g/mol. The molecule has 1 heterocycles. The monoisotopic (exact) mass is 393 g/mol. The summed E-state index contributed by atoms with van der Waals surface area (Å²) in [7, 11) is 0. The number of hydrogen-bond acceptors (Lipinski definition) is 3. The molecule has 6 heteroatoms. The second-order valence-corrected chi connectivity index (χ2v) is 6.34. The fourth-order valence-corrected chi connectivity index (χ4v) is 2.87. The van der Waals surface area contributed by atoms with Crippen LogP contribution in [-0.4, -0.2) is 22.4 Å². The smallest absolute Gasteiger partial charge is 0.270 e. The van der Waals surface area contributed by atoms with E-state index in [-0.39, 0.29) is 12.4 Å². The normalized spacial score (nSPS) is 11.8. The van der Waals surface area contributed by atoms with E-state index in [1.807, 2.05) is 19.1 Å². The second kappa shape index (κ2) is 8.29. The van der Waals surface area contributed by atoms with Gasteiger partial charge in [-0.1, -0.05) is 40.3 Å². The van der Waals surface area contributed by atoms with Crippen LogP contribution in [0.2, 0.25) is 0 Å². The first-order valence-electron chi connectivity index (χ1n) is 7.25. The summed E-state index contributed by atoms with van der Waals surface area (Å²) in [5, 5.41) is 12.4. The molecule has 1 aromatic heterocycles. The van der Waals surface area contributed by atoms with Gasteiger partial charge in [-0.05, 0) is 25.1 Å². The van der Waals surface area contributed by atoms with E-state index < -0.39 is 6.04 Å². The number of thiocarbonyl (C=S) groups is 1. The highest BCUT2D eigenvalue weighted by molar-refractivity contribution is 9.10. The number of ketones is 1. The van der Waals surface area contributed by atoms with Crippen molar-refractivity contribution >= 4 is 38.9 Å². The van der Waals surface area contributed by atoms with Gasteiger partial charge in [0.15, 0.2) is 17.4 Å². The summed E-state index contributed by atoms with van der Waals surface area (Å²) in [6.45, 7) is 2.49. The van der Waals surface area contributed by atoms with Gasteiger partial charge in [0.2, 0.25) is 5.78 Å². The maximum absolute atomic E-state index is 12.9. The maximum Gasteiger partial charge on any atom is 0.270 e. The van der Waals surface area contributed by atoms with Gasteiger partial charge >= 0.3 is 0 Å². The van der Waals surface area contributed by atoms with Crippen LogP contribution in [0.15, 0.2) is 53.3 Å². The lowest BCUT2D eigenvalue weighted by Gasteiger charge is -2.14. The van der Waals surface area contributed by atoms with Crippen molar-refractivity contribution in [2.75, 3.05) is 6.54 Å². The Morgan fingerprint density at radius 2 is 2.04 bits per heavy atom. The van der Waals surface area contributed by atoms with E-state index in [9.17, 15) is 9.90 Å². The highest BCUT2D eigenvalue weighted by Crippen LogP contribution is 2.15. The molecule has 0 fully saturated rings. The third-order valence-electron chi connectivity index (χ3n) is 3.34. The van der Waals surface area contributed by atoms with E-state index in [0.717, 1.165) is 10.0 Å². The Balaban J connectivity index is 2.42. The predicted octanol–water partition coefficient (Wildman–Crippen LogP) is 2.59. The van der Waals surface area contributed by atoms with Gasteiger partial charge in [0.05, 0.1) is 6.61 Å². The van der Waals surface area contributed by atoms with Crippen molar-refractivity contribution in [2.24, 2.45) is 0 Å². The standard InChI is InChI=1S/C17H17BrN2O2S/c1-2-19-17(23)15(20-9-3-4-12(10-20)11-21)16(22)13-5-7-14(18)8-6-13/h3-10,15,21H,2,11H2,1H3/p+1. The topological polar surface area (TPSA) is 53.2 Å². The summed E-state index contributed by atoms with van der Waals surface area (Å²) >= 11 is 8.78. The van der Waals surface area contributed by atoms with Crippen LogP contribution < -0.4 is 9.88 Å². The number of aliphatic hydroxyl groups is 1. The van der Waals surface area contributed by atoms with Crippen molar-refractivity contribution in [3.63, 3.8) is 0 Å². The van der Waals surface area contributed by atoms with E-state index in [2.05, 4.69) is 21.2 Å². The van der Waals surface area contributed by atoms with Crippen molar-refractivity contribution in [3.05, 3.63) is 64.4 Å². The van der Waals surface area contributed by atoms with Crippen LogP contribution in [0, 0.1) is 0 Å². The van der Waals surface area contributed by atoms with Crippen molar-refractivity contribution in [1.29, 1.82) is 0 Å². The Hall–Kier alpha value is -1.63. The largest absolute Gasteiger partial charge is 0.391 e. The quantitative estimate of drug-likeness (QED) is 0.449. The van der Waals surface area contributed by atoms with Gasteiger partial charge in [-0.15, -0.1) is 0 Å². The minimum absolute atomic E-state index is 0.0893. The SMILES string of the molecule is CCNC(=S)C(C(=O)c1ccc(Br)cc1)[n+]1cccc(CO)c1. The van der Waals surface area contributed by atoms with E-state index in [0.29, 0.717) is 17.1 Å². The first-order chi connectivity index (χ1) is 11.1. The Morgan fingerprint density at radius 1 is 1.35 bits per heavy atom. The minimum Gasteiger partial charge on any atom is -0.391 e. The number of hydrogen-bond donors (Lipinski definition) is 2. The molecule has 4 nitrogen and oxygen atoms in total. The Bertz CT molecular complexity index is 704. The van der Waals surface area contributed by atoms with Gasteiger partial charge < -0.3 is 10.4 Å². The molecule has 0 radical (unpaired) electrons. The van der Waals surface area contributed by atoms with Crippen molar-refractivity contribution in [3.8, 4) is 0 Å². The molecule has 0 aliphatic rings. The number of Topliss-reactive ketones (excluding diaryl/α,β-unsaturated/α-hetero) is 1. The van der Waals surface area contributed by atoms with E-state index in [1.54, 1.807) is 41.2 Å². The molecule has 0 saturated carbocycles. The Kier molecular flexibility index (Phi) is 6.38. The van der Waals surface area contributed by atoms with Crippen LogP contribution in [0.1, 0.15) is 28.9 Å². The van der Waals surface area contributed by atoms with E-state index in [1.165, 1.54) is 0 Å². The molecule has 0 amide bonds. The lowest BCUT2D eigenvalue weighted by atomic mass is 10.0. The molecule has 1 unspecified atom stereocenters. The van der Waals surface area contributed by atoms with Gasteiger partial charge in [-0.25, -0.2) is 0 Å². The minimum atomic E-state index is -0.641. The van der Waals surface area contributed by atoms with Crippen LogP contribution in [0.4, 0.5) is 0 Å². The first-order valence-corrected chi connectivity index (χ1v) is 8.45. The third-order valence-corrected chi connectivity index (χ3v) is 4.24. The molecular formula is C17H18BrN2O2S+. The third kappa shape index (κ3) is 4.43. The van der Waals surface area contributed by atoms with Gasteiger partial charge in [-0.2, -0.15) is 4.57 Å². The molecule has 0 spiro atoms. The van der Waals surface area contributed by atoms with Gasteiger partial charge in [-0.3, -0.25) is 4.79 Å². The molecule has 2 rings (SSSR count). The number of likely N-dealkylation sites (N-methyl/N-ethyl adjacent to an activating group) is 1. The highest BCUT2D eigenvalue weighted by Gasteiger charge is 2.33. The molecule has 0 aliphatic carbocycles. The molecule has 2 aromatic rings. The molecule has 0 saturated heterocycles. The summed E-state index contributed by atoms with van der Waals surface area (Å²) in [4.78, 5) is 13.4. The number of aromatic nitrogens is 1. The van der Waals surface area contributed by atoms with Crippen LogP contribution in [0.25, 0.3) is 0 Å². The highest BCUT2D eigenvalue weighted by atomic mass is 79.9. The molecule has 1 aromatic carbocycles. The van der Waals surface area contributed by atoms with Gasteiger partial charge in [0.1, 0.15) is 0 Å². The average Bonchev–Trinajstić information content (AvgIpc) is 2.56. The van der Waals surface area contributed by atoms with Gasteiger partial charge in [0.25, 0.3) is 6.04 Å². The Morgan fingerprint density at radius 3 is 2.65 bits per heavy atom. The zero-order chi connectivity index (χ0) is 16.8. The zero-order valence-corrected chi connectivity index (χ0v) is 15.1. The lowest BCUT2D eigenvalue weighted by Crippen LogP contribution is -2.51. The molecule has 23 heavy (non-hydrogen) atoms.